The standard InChI is InChI=1S/C83H138O17P2/c1-5-9-13-17-21-25-29-32-35-37-38-40-43-45-49-52-56-60-64-68-80(85)93-73-78(99-82(87)69-65-61-57-53-47-28-24-20-16-12-8-4)75-97-101(89,90)95-71-77(84)72-96-102(91,92)98-76-79(100-83(88)70-66-62-58-54-50-46-41-34-31-27-23-19-15-11-7-3)74-94-81(86)67-63-59-55-51-48-44-42-39-36-33-30-26-22-18-14-10-6-2/h9-11,13-15,21-23,25-27,32-36,38,40-41,50,54,62,66,77-79,84H,5-8,12,16-20,24,28-31,37,39,42-49,51-53,55-61,63-65,67-76H2,1-4H3,(H,89,90)(H,91,92)/b13-9-,14-10-,15-11-,25-21-,26-22-,27-23-,35-32-,36-33-,40-38-,41-34-,54-50-,66-62-. The van der Waals surface area contributed by atoms with Crippen LogP contribution in [-0.4, -0.2) is 96.7 Å². The number of hydrogen-bond acceptors (Lipinski definition) is 15. The first-order valence-electron chi connectivity index (χ1n) is 39.1. The summed E-state index contributed by atoms with van der Waals surface area (Å²) in [6, 6.07) is 0. The lowest BCUT2D eigenvalue weighted by atomic mass is 10.1. The fourth-order valence-electron chi connectivity index (χ4n) is 10.0. The van der Waals surface area contributed by atoms with Gasteiger partial charge in [-0.15, -0.1) is 0 Å². The minimum Gasteiger partial charge on any atom is -0.462 e. The van der Waals surface area contributed by atoms with Gasteiger partial charge >= 0.3 is 39.5 Å². The van der Waals surface area contributed by atoms with Crippen LogP contribution in [0.25, 0.3) is 0 Å². The number of aliphatic hydroxyl groups is 1. The molecule has 0 rings (SSSR count). The Morgan fingerprint density at radius 2 is 0.549 bits per heavy atom. The molecule has 0 saturated carbocycles. The summed E-state index contributed by atoms with van der Waals surface area (Å²) < 4.78 is 68.4. The van der Waals surface area contributed by atoms with Gasteiger partial charge in [0.25, 0.3) is 0 Å². The lowest BCUT2D eigenvalue weighted by molar-refractivity contribution is -0.161. The number of unbranched alkanes of at least 4 members (excludes halogenated alkanes) is 23. The van der Waals surface area contributed by atoms with E-state index in [1.165, 1.54) is 38.5 Å². The number of aliphatic hydroxyl groups excluding tert-OH is 1. The number of allylic oxidation sites excluding steroid dienone is 23. The molecule has 0 aromatic carbocycles. The Balaban J connectivity index is 5.39. The van der Waals surface area contributed by atoms with Crippen LogP contribution in [0.15, 0.2) is 146 Å². The van der Waals surface area contributed by atoms with Gasteiger partial charge in [-0.3, -0.25) is 37.3 Å². The second-order valence-electron chi connectivity index (χ2n) is 25.5. The summed E-state index contributed by atoms with van der Waals surface area (Å²) in [6.45, 7) is 4.39. The van der Waals surface area contributed by atoms with Crippen molar-refractivity contribution in [3.05, 3.63) is 146 Å². The number of carbonyl (C=O) groups excluding carboxylic acids is 4. The van der Waals surface area contributed by atoms with E-state index in [1.807, 2.05) is 12.2 Å². The van der Waals surface area contributed by atoms with Gasteiger partial charge in [-0.05, 0) is 122 Å². The summed E-state index contributed by atoms with van der Waals surface area (Å²) >= 11 is 0. The average molecular weight is 1470 g/mol. The van der Waals surface area contributed by atoms with Gasteiger partial charge in [0.15, 0.2) is 12.2 Å². The van der Waals surface area contributed by atoms with E-state index in [0.717, 1.165) is 180 Å². The zero-order valence-electron chi connectivity index (χ0n) is 63.5. The number of phosphoric acid groups is 2. The number of rotatable bonds is 72. The van der Waals surface area contributed by atoms with Gasteiger partial charge in [0.05, 0.1) is 32.8 Å². The molecule has 0 aliphatic rings. The van der Waals surface area contributed by atoms with Crippen LogP contribution in [-0.2, 0) is 65.4 Å². The van der Waals surface area contributed by atoms with Crippen molar-refractivity contribution in [2.45, 2.75) is 316 Å². The number of ether oxygens (including phenoxy) is 4. The first-order chi connectivity index (χ1) is 49.7. The number of esters is 4. The zero-order valence-corrected chi connectivity index (χ0v) is 65.3. The maximum Gasteiger partial charge on any atom is 0.472 e. The fraction of sp³-hybridized carbons (Fsp3) is 0.663. The summed E-state index contributed by atoms with van der Waals surface area (Å²) in [5.74, 6) is -2.35. The summed E-state index contributed by atoms with van der Waals surface area (Å²) in [7, 11) is -9.99. The van der Waals surface area contributed by atoms with Crippen LogP contribution in [0.4, 0.5) is 0 Å². The third kappa shape index (κ3) is 73.3. The van der Waals surface area contributed by atoms with E-state index < -0.39 is 97.5 Å². The Morgan fingerprint density at radius 3 is 0.873 bits per heavy atom. The van der Waals surface area contributed by atoms with Gasteiger partial charge in [0.1, 0.15) is 19.3 Å². The molecule has 0 bridgehead atoms. The summed E-state index contributed by atoms with van der Waals surface area (Å²) in [4.78, 5) is 72.9. The lowest BCUT2D eigenvalue weighted by Crippen LogP contribution is -2.30. The largest absolute Gasteiger partial charge is 0.472 e. The highest BCUT2D eigenvalue weighted by Gasteiger charge is 2.30. The Hall–Kier alpha value is -5.06. The lowest BCUT2D eigenvalue weighted by Gasteiger charge is -2.21. The van der Waals surface area contributed by atoms with E-state index in [4.69, 9.17) is 37.0 Å². The van der Waals surface area contributed by atoms with Crippen molar-refractivity contribution in [3.63, 3.8) is 0 Å². The van der Waals surface area contributed by atoms with E-state index >= 15 is 0 Å². The molecule has 17 nitrogen and oxygen atoms in total. The highest BCUT2D eigenvalue weighted by Crippen LogP contribution is 2.45. The molecule has 3 N–H and O–H groups in total. The van der Waals surface area contributed by atoms with Crippen LogP contribution >= 0.6 is 15.6 Å². The molecule has 582 valence electrons. The molecule has 0 aromatic rings. The predicted molar refractivity (Wildman–Crippen MR) is 417 cm³/mol. The molecule has 5 atom stereocenters. The van der Waals surface area contributed by atoms with Gasteiger partial charge in [-0.2, -0.15) is 0 Å². The monoisotopic (exact) mass is 1470 g/mol. The predicted octanol–water partition coefficient (Wildman–Crippen LogP) is 22.7. The first-order valence-corrected chi connectivity index (χ1v) is 42.1. The molecular weight excluding hydrogens is 1330 g/mol. The van der Waals surface area contributed by atoms with Crippen molar-refractivity contribution in [1.29, 1.82) is 0 Å². The maximum atomic E-state index is 13.1. The molecule has 0 heterocycles. The van der Waals surface area contributed by atoms with Gasteiger partial charge in [-0.25, -0.2) is 9.13 Å². The molecule has 0 radical (unpaired) electrons. The van der Waals surface area contributed by atoms with Crippen molar-refractivity contribution >= 4 is 39.5 Å². The second-order valence-corrected chi connectivity index (χ2v) is 28.4. The molecule has 0 spiro atoms. The van der Waals surface area contributed by atoms with E-state index in [2.05, 4.69) is 149 Å². The van der Waals surface area contributed by atoms with Crippen molar-refractivity contribution in [3.8, 4) is 0 Å². The molecule has 102 heavy (non-hydrogen) atoms. The Labute approximate surface area is 617 Å². The highest BCUT2D eigenvalue weighted by atomic mass is 31.2. The SMILES string of the molecule is CC/C=C\C/C=C\C/C=C\C/C=C\C/C=C\CC(=O)OC(COC(=O)CCCCCCCCC/C=C\C/C=C\C/C=C\CC)COP(=O)(O)OCC(O)COP(=O)(O)OCC(COC(=O)CCCCCCCC/C=C\C/C=C\C/C=C\C/C=C\CC)OC(=O)CCCCCCCCCCCCC. The van der Waals surface area contributed by atoms with Gasteiger partial charge < -0.3 is 33.8 Å². The van der Waals surface area contributed by atoms with Gasteiger partial charge in [0.2, 0.25) is 0 Å². The second kappa shape index (κ2) is 74.2. The number of carbonyl (C=O) groups is 4. The van der Waals surface area contributed by atoms with Crippen LogP contribution < -0.4 is 0 Å². The van der Waals surface area contributed by atoms with Crippen LogP contribution in [0.5, 0.6) is 0 Å². The highest BCUT2D eigenvalue weighted by molar-refractivity contribution is 7.47. The molecule has 19 heteroatoms. The molecule has 0 aliphatic carbocycles. The topological polar surface area (TPSA) is 237 Å². The van der Waals surface area contributed by atoms with Crippen molar-refractivity contribution < 1.29 is 80.2 Å². The third-order valence-electron chi connectivity index (χ3n) is 15.8. The Bertz CT molecular complexity index is 2510. The molecule has 5 unspecified atom stereocenters. The third-order valence-corrected chi connectivity index (χ3v) is 17.7. The molecule has 0 aromatic heterocycles. The molecule has 0 aliphatic heterocycles. The first kappa shape index (κ1) is 96.9. The minimum atomic E-state index is -5.01. The summed E-state index contributed by atoms with van der Waals surface area (Å²) in [5, 5.41) is 10.6. The Kier molecular flexibility index (Phi) is 70.5. The van der Waals surface area contributed by atoms with Crippen molar-refractivity contribution in [2.24, 2.45) is 0 Å². The fourth-order valence-corrected chi connectivity index (χ4v) is 11.6. The van der Waals surface area contributed by atoms with Crippen molar-refractivity contribution in [2.75, 3.05) is 39.6 Å². The minimum absolute atomic E-state index is 0.0879. The van der Waals surface area contributed by atoms with E-state index in [-0.39, 0.29) is 25.7 Å². The van der Waals surface area contributed by atoms with Crippen molar-refractivity contribution in [1.82, 2.24) is 0 Å². The maximum absolute atomic E-state index is 13.1. The van der Waals surface area contributed by atoms with Crippen LogP contribution in [0, 0.1) is 0 Å². The molecule has 0 saturated heterocycles. The normalized spacial score (nSPS) is 14.7. The average Bonchev–Trinajstić information content (AvgIpc) is 0.925. The number of hydrogen-bond donors (Lipinski definition) is 3. The van der Waals surface area contributed by atoms with Gasteiger partial charge in [0, 0.05) is 19.3 Å². The quantitative estimate of drug-likeness (QED) is 0.0169. The summed E-state index contributed by atoms with van der Waals surface area (Å²) in [5.41, 5.74) is 0. The molecular formula is C83H138O17P2. The van der Waals surface area contributed by atoms with Crippen LogP contribution in [0.3, 0.4) is 0 Å². The smallest absolute Gasteiger partial charge is 0.462 e. The van der Waals surface area contributed by atoms with Crippen LogP contribution in [0.1, 0.15) is 297 Å². The van der Waals surface area contributed by atoms with E-state index in [1.54, 1.807) is 12.2 Å². The molecule has 0 amide bonds. The zero-order chi connectivity index (χ0) is 74.6. The van der Waals surface area contributed by atoms with E-state index in [0.29, 0.717) is 25.7 Å². The number of phosphoric ester groups is 2. The molecule has 0 fully saturated rings. The summed E-state index contributed by atoms with van der Waals surface area (Å²) in [6.07, 6.45) is 84.4. The van der Waals surface area contributed by atoms with Crippen LogP contribution in [0.2, 0.25) is 0 Å². The van der Waals surface area contributed by atoms with E-state index in [9.17, 15) is 43.2 Å². The Morgan fingerprint density at radius 1 is 0.294 bits per heavy atom. The van der Waals surface area contributed by atoms with Gasteiger partial charge in [-0.1, -0.05) is 296 Å².